The summed E-state index contributed by atoms with van der Waals surface area (Å²) in [5.41, 5.74) is 1.84. The van der Waals surface area contributed by atoms with Crippen LogP contribution in [0.1, 0.15) is 0 Å². The summed E-state index contributed by atoms with van der Waals surface area (Å²) >= 11 is 1.29. The van der Waals surface area contributed by atoms with Gasteiger partial charge in [0.2, 0.25) is 0 Å². The maximum atomic E-state index is 5.35. The number of fused-ring (bicyclic) bond motifs is 1. The molecule has 0 unspecified atom stereocenters. The van der Waals surface area contributed by atoms with E-state index in [0.29, 0.717) is 0 Å². The summed E-state index contributed by atoms with van der Waals surface area (Å²) in [4.78, 5) is 4.12. The Hall–Kier alpha value is -0.511. The van der Waals surface area contributed by atoms with Crippen LogP contribution in [0.4, 0.5) is 0 Å². The van der Waals surface area contributed by atoms with Crippen LogP contribution in [0, 0.1) is 0 Å². The van der Waals surface area contributed by atoms with Crippen molar-refractivity contribution < 1.29 is 4.42 Å². The molecule has 0 aromatic carbocycles. The molecular formula is C7H4NOSn. The van der Waals surface area contributed by atoms with Gasteiger partial charge in [-0.25, -0.2) is 0 Å². The van der Waals surface area contributed by atoms with Gasteiger partial charge in [-0.3, -0.25) is 0 Å². The Morgan fingerprint density at radius 3 is 3.20 bits per heavy atom. The normalized spacial score (nSPS) is 10.5. The van der Waals surface area contributed by atoms with Crippen molar-refractivity contribution in [3.63, 3.8) is 0 Å². The molecule has 2 nitrogen and oxygen atoms in total. The van der Waals surface area contributed by atoms with Gasteiger partial charge in [-0.2, -0.15) is 0 Å². The van der Waals surface area contributed by atoms with Crippen LogP contribution in [0.15, 0.2) is 28.8 Å². The van der Waals surface area contributed by atoms with E-state index in [1.54, 1.807) is 6.20 Å². The van der Waals surface area contributed by atoms with Crippen molar-refractivity contribution in [2.45, 2.75) is 0 Å². The van der Waals surface area contributed by atoms with Gasteiger partial charge in [-0.05, 0) is 0 Å². The molecule has 0 amide bonds. The van der Waals surface area contributed by atoms with Crippen LogP contribution in [0.2, 0.25) is 0 Å². The third-order valence-corrected chi connectivity index (χ3v) is 1.99. The summed E-state index contributed by atoms with van der Waals surface area (Å²) < 4.78 is 6.35. The quantitative estimate of drug-likeness (QED) is 0.627. The second-order valence-corrected chi connectivity index (χ2v) is 3.40. The van der Waals surface area contributed by atoms with Crippen molar-refractivity contribution in [2.24, 2.45) is 0 Å². The van der Waals surface area contributed by atoms with E-state index >= 15 is 0 Å². The summed E-state index contributed by atoms with van der Waals surface area (Å²) in [6, 6.07) is 5.77. The van der Waals surface area contributed by atoms with Gasteiger partial charge in [0, 0.05) is 0 Å². The van der Waals surface area contributed by atoms with E-state index in [-0.39, 0.29) is 0 Å². The van der Waals surface area contributed by atoms with Crippen molar-refractivity contribution in [1.82, 2.24) is 4.98 Å². The van der Waals surface area contributed by atoms with E-state index in [1.165, 1.54) is 22.5 Å². The molecule has 0 N–H and O–H groups in total. The second-order valence-electron chi connectivity index (χ2n) is 2.00. The van der Waals surface area contributed by atoms with Gasteiger partial charge >= 0.3 is 71.2 Å². The van der Waals surface area contributed by atoms with Crippen LogP contribution < -0.4 is 3.78 Å². The van der Waals surface area contributed by atoms with Gasteiger partial charge in [0.25, 0.3) is 0 Å². The van der Waals surface area contributed by atoms with Crippen LogP contribution in [0.3, 0.4) is 0 Å². The third kappa shape index (κ3) is 0.922. The topological polar surface area (TPSA) is 26.0 Å². The fraction of sp³-hybridized carbons (Fsp3) is 0. The van der Waals surface area contributed by atoms with Gasteiger partial charge in [0.15, 0.2) is 0 Å². The van der Waals surface area contributed by atoms with Gasteiger partial charge in [0.05, 0.1) is 0 Å². The molecule has 0 saturated heterocycles. The van der Waals surface area contributed by atoms with Gasteiger partial charge in [-0.1, -0.05) is 0 Å². The summed E-state index contributed by atoms with van der Waals surface area (Å²) in [7, 11) is 0. The zero-order valence-electron chi connectivity index (χ0n) is 5.16. The zero-order chi connectivity index (χ0) is 6.97. The Kier molecular flexibility index (Phi) is 1.41. The molecule has 0 bridgehead atoms. The first-order chi connectivity index (χ1) is 4.86. The number of hydrogen-bond acceptors (Lipinski definition) is 2. The SMILES string of the molecule is [Sn][c]1cc2ncccc2o1. The van der Waals surface area contributed by atoms with Gasteiger partial charge in [-0.15, -0.1) is 0 Å². The predicted octanol–water partition coefficient (Wildman–Crippen LogP) is 0.622. The molecule has 0 spiro atoms. The predicted molar refractivity (Wildman–Crippen MR) is 39.4 cm³/mol. The minimum atomic E-state index is 0.884. The average Bonchev–Trinajstić information content (AvgIpc) is 2.27. The van der Waals surface area contributed by atoms with E-state index < -0.39 is 0 Å². The van der Waals surface area contributed by atoms with Crippen LogP contribution in [-0.2, 0) is 0 Å². The van der Waals surface area contributed by atoms with Crippen molar-refractivity contribution in [3.05, 3.63) is 24.4 Å². The molecule has 0 atom stereocenters. The molecule has 10 heavy (non-hydrogen) atoms. The molecule has 2 aromatic rings. The first kappa shape index (κ1) is 6.22. The molecular weight excluding hydrogens is 233 g/mol. The zero-order valence-corrected chi connectivity index (χ0v) is 8.02. The molecule has 3 heteroatoms. The molecule has 0 aliphatic rings. The third-order valence-electron chi connectivity index (χ3n) is 1.29. The van der Waals surface area contributed by atoms with Crippen molar-refractivity contribution in [3.8, 4) is 0 Å². The Morgan fingerprint density at radius 1 is 1.50 bits per heavy atom. The summed E-state index contributed by atoms with van der Waals surface area (Å²) in [5.74, 6) is 0. The van der Waals surface area contributed by atoms with E-state index in [0.717, 1.165) is 14.9 Å². The summed E-state index contributed by atoms with van der Waals surface area (Å²) in [6.45, 7) is 0. The molecule has 2 rings (SSSR count). The summed E-state index contributed by atoms with van der Waals surface area (Å²) in [6.07, 6.45) is 1.77. The molecule has 2 aromatic heterocycles. The van der Waals surface area contributed by atoms with Crippen molar-refractivity contribution >= 4 is 37.4 Å². The van der Waals surface area contributed by atoms with E-state index in [2.05, 4.69) is 4.98 Å². The van der Waals surface area contributed by atoms with E-state index in [1.807, 2.05) is 18.2 Å². The summed E-state index contributed by atoms with van der Waals surface area (Å²) in [5, 5.41) is 0. The van der Waals surface area contributed by atoms with Crippen LogP contribution in [-0.4, -0.2) is 27.5 Å². The van der Waals surface area contributed by atoms with Gasteiger partial charge < -0.3 is 0 Å². The second kappa shape index (κ2) is 2.27. The molecule has 2 heterocycles. The van der Waals surface area contributed by atoms with Crippen molar-refractivity contribution in [2.75, 3.05) is 0 Å². The Balaban J connectivity index is 2.88. The number of furan rings is 1. The number of pyridine rings is 1. The number of hydrogen-bond donors (Lipinski definition) is 0. The van der Waals surface area contributed by atoms with E-state index in [4.69, 9.17) is 4.42 Å². The number of aromatic nitrogens is 1. The Labute approximate surface area is 71.3 Å². The van der Waals surface area contributed by atoms with Crippen LogP contribution in [0.5, 0.6) is 0 Å². The van der Waals surface area contributed by atoms with Crippen molar-refractivity contribution in [1.29, 1.82) is 0 Å². The fourth-order valence-corrected chi connectivity index (χ4v) is 1.57. The standard InChI is InChI=1S/C7H4NO.Sn/c1-2-7-6(8-4-1)3-5-9-7;/h1-4H;. The first-order valence-corrected chi connectivity index (χ1v) is 4.35. The van der Waals surface area contributed by atoms with Gasteiger partial charge in [0.1, 0.15) is 0 Å². The Morgan fingerprint density at radius 2 is 2.40 bits per heavy atom. The minimum absolute atomic E-state index is 0.884. The number of nitrogens with zero attached hydrogens (tertiary/aromatic N) is 1. The molecule has 0 saturated carbocycles. The van der Waals surface area contributed by atoms with Crippen LogP contribution >= 0.6 is 0 Å². The average molecular weight is 237 g/mol. The molecule has 0 aliphatic heterocycles. The molecule has 3 radical (unpaired) electrons. The van der Waals surface area contributed by atoms with E-state index in [9.17, 15) is 0 Å². The molecule has 47 valence electrons. The Bertz CT molecular complexity index is 322. The first-order valence-electron chi connectivity index (χ1n) is 2.92. The molecule has 0 aliphatic carbocycles. The molecule has 0 fully saturated rings. The van der Waals surface area contributed by atoms with Crippen LogP contribution in [0.25, 0.3) is 11.1 Å². The fourth-order valence-electron chi connectivity index (χ4n) is 0.870. The monoisotopic (exact) mass is 238 g/mol. The number of rotatable bonds is 0. The maximum absolute atomic E-state index is 5.35.